The second kappa shape index (κ2) is 6.96. The average Bonchev–Trinajstić information content (AvgIpc) is 2.99. The molecule has 2 N–H and O–H groups in total. The Bertz CT molecular complexity index is 1120. The quantitative estimate of drug-likeness (QED) is 0.719. The molecule has 0 saturated heterocycles. The summed E-state index contributed by atoms with van der Waals surface area (Å²) in [4.78, 5) is 41.3. The molecule has 2 heterocycles. The summed E-state index contributed by atoms with van der Waals surface area (Å²) in [5.74, 6) is -1.20. The van der Waals surface area contributed by atoms with Gasteiger partial charge in [-0.25, -0.2) is 9.78 Å². The molecule has 0 radical (unpaired) electrons. The van der Waals surface area contributed by atoms with E-state index in [1.54, 1.807) is 6.92 Å². The molecule has 0 saturated carbocycles. The van der Waals surface area contributed by atoms with Gasteiger partial charge in [0.15, 0.2) is 0 Å². The van der Waals surface area contributed by atoms with Gasteiger partial charge in [-0.1, -0.05) is 17.7 Å². The fraction of sp³-hybridized carbons (Fsp3) is 0.263. The van der Waals surface area contributed by atoms with Gasteiger partial charge < -0.3 is 10.4 Å². The van der Waals surface area contributed by atoms with Crippen LogP contribution in [0, 0.1) is 27.7 Å². The Balaban J connectivity index is 1.97. The van der Waals surface area contributed by atoms with Gasteiger partial charge in [0.05, 0.1) is 10.9 Å². The normalized spacial score (nSPS) is 11.0. The van der Waals surface area contributed by atoms with E-state index in [0.717, 1.165) is 28.0 Å². The lowest BCUT2D eigenvalue weighted by Crippen LogP contribution is -2.30. The monoisotopic (exact) mass is 385 g/mol. The van der Waals surface area contributed by atoms with Crippen molar-refractivity contribution < 1.29 is 14.7 Å². The summed E-state index contributed by atoms with van der Waals surface area (Å²) in [5, 5.41) is 13.5. The van der Waals surface area contributed by atoms with Gasteiger partial charge in [0.25, 0.3) is 5.56 Å². The number of carboxylic acid groups (broad SMARTS) is 1. The maximum Gasteiger partial charge on any atom is 0.337 e. The molecule has 140 valence electrons. The van der Waals surface area contributed by atoms with Crippen LogP contribution >= 0.6 is 11.3 Å². The third-order valence-corrected chi connectivity index (χ3v) is 5.23. The predicted octanol–water partition coefficient (Wildman–Crippen LogP) is 3.03. The van der Waals surface area contributed by atoms with Crippen LogP contribution < -0.4 is 10.9 Å². The number of amides is 1. The first-order chi connectivity index (χ1) is 12.7. The standard InChI is InChI=1S/C19H19N3O4S/c1-9-5-10(2)16(11(3)6-9)21-14(23)7-22-12(4)20-17-15(18(22)24)13(8-27-17)19(25)26/h5-6,8H,7H2,1-4H3,(H,21,23)(H,25,26). The second-order valence-corrected chi connectivity index (χ2v) is 7.36. The van der Waals surface area contributed by atoms with Crippen LogP contribution in [0.5, 0.6) is 0 Å². The summed E-state index contributed by atoms with van der Waals surface area (Å²) in [6, 6.07) is 3.94. The van der Waals surface area contributed by atoms with Gasteiger partial charge in [0.1, 0.15) is 17.2 Å². The van der Waals surface area contributed by atoms with Crippen molar-refractivity contribution in [2.45, 2.75) is 34.2 Å². The number of fused-ring (bicyclic) bond motifs is 1. The van der Waals surface area contributed by atoms with E-state index in [2.05, 4.69) is 10.3 Å². The minimum absolute atomic E-state index is 0.0357. The Kier molecular flexibility index (Phi) is 4.84. The molecular formula is C19H19N3O4S. The predicted molar refractivity (Wildman–Crippen MR) is 105 cm³/mol. The van der Waals surface area contributed by atoms with E-state index in [1.807, 2.05) is 32.9 Å². The van der Waals surface area contributed by atoms with Crippen LogP contribution in [0.3, 0.4) is 0 Å². The highest BCUT2D eigenvalue weighted by atomic mass is 32.1. The van der Waals surface area contributed by atoms with Crippen molar-refractivity contribution in [1.29, 1.82) is 0 Å². The number of rotatable bonds is 4. The Labute approximate surface area is 159 Å². The molecule has 0 aliphatic rings. The molecule has 3 rings (SSSR count). The van der Waals surface area contributed by atoms with Crippen molar-refractivity contribution in [2.24, 2.45) is 0 Å². The Morgan fingerprint density at radius 1 is 1.19 bits per heavy atom. The van der Waals surface area contributed by atoms with Crippen molar-refractivity contribution in [3.63, 3.8) is 0 Å². The van der Waals surface area contributed by atoms with Crippen LogP contribution in [0.2, 0.25) is 0 Å². The largest absolute Gasteiger partial charge is 0.478 e. The molecule has 0 bridgehead atoms. The number of nitrogens with zero attached hydrogens (tertiary/aromatic N) is 2. The zero-order valence-corrected chi connectivity index (χ0v) is 16.2. The maximum absolute atomic E-state index is 12.8. The number of hydrogen-bond donors (Lipinski definition) is 2. The molecule has 0 fully saturated rings. The number of aromatic carboxylic acids is 1. The van der Waals surface area contributed by atoms with Gasteiger partial charge >= 0.3 is 5.97 Å². The van der Waals surface area contributed by atoms with Crippen molar-refractivity contribution >= 4 is 39.1 Å². The zero-order valence-electron chi connectivity index (χ0n) is 15.4. The van der Waals surface area contributed by atoms with Gasteiger partial charge in [-0.3, -0.25) is 14.2 Å². The van der Waals surface area contributed by atoms with Crippen LogP contribution in [0.15, 0.2) is 22.3 Å². The number of aryl methyl sites for hydroxylation is 4. The maximum atomic E-state index is 12.8. The number of anilines is 1. The topological polar surface area (TPSA) is 101 Å². The fourth-order valence-electron chi connectivity index (χ4n) is 3.17. The summed E-state index contributed by atoms with van der Waals surface area (Å²) in [6.07, 6.45) is 0. The fourth-order valence-corrected chi connectivity index (χ4v) is 4.12. The molecule has 7 nitrogen and oxygen atoms in total. The number of carbonyl (C=O) groups excluding carboxylic acids is 1. The van der Waals surface area contributed by atoms with Crippen LogP contribution in [0.4, 0.5) is 5.69 Å². The highest BCUT2D eigenvalue weighted by molar-refractivity contribution is 7.17. The van der Waals surface area contributed by atoms with Crippen LogP contribution in [0.1, 0.15) is 32.9 Å². The average molecular weight is 385 g/mol. The van der Waals surface area contributed by atoms with Gasteiger partial charge in [0.2, 0.25) is 5.91 Å². The first-order valence-electron chi connectivity index (χ1n) is 8.28. The summed E-state index contributed by atoms with van der Waals surface area (Å²) in [7, 11) is 0. The second-order valence-electron chi connectivity index (χ2n) is 6.51. The van der Waals surface area contributed by atoms with E-state index >= 15 is 0 Å². The number of hydrogen-bond acceptors (Lipinski definition) is 5. The summed E-state index contributed by atoms with van der Waals surface area (Å²) < 4.78 is 1.20. The Hall–Kier alpha value is -3.00. The lowest BCUT2D eigenvalue weighted by atomic mass is 10.1. The molecule has 0 aliphatic heterocycles. The number of carboxylic acids is 1. The van der Waals surface area contributed by atoms with E-state index < -0.39 is 11.5 Å². The van der Waals surface area contributed by atoms with Crippen molar-refractivity contribution in [1.82, 2.24) is 9.55 Å². The first-order valence-corrected chi connectivity index (χ1v) is 9.16. The zero-order chi connectivity index (χ0) is 19.9. The minimum Gasteiger partial charge on any atom is -0.478 e. The van der Waals surface area contributed by atoms with Gasteiger partial charge in [0, 0.05) is 11.1 Å². The molecule has 1 aromatic carbocycles. The lowest BCUT2D eigenvalue weighted by molar-refractivity contribution is -0.116. The number of aromatic nitrogens is 2. The molecule has 27 heavy (non-hydrogen) atoms. The highest BCUT2D eigenvalue weighted by Crippen LogP contribution is 2.23. The van der Waals surface area contributed by atoms with E-state index in [-0.39, 0.29) is 23.4 Å². The van der Waals surface area contributed by atoms with Crippen LogP contribution in [0.25, 0.3) is 10.2 Å². The van der Waals surface area contributed by atoms with Crippen LogP contribution in [-0.2, 0) is 11.3 Å². The first kappa shape index (κ1) is 18.8. The summed E-state index contributed by atoms with van der Waals surface area (Å²) in [6.45, 7) is 7.18. The molecular weight excluding hydrogens is 366 g/mol. The number of carbonyl (C=O) groups is 2. The molecule has 0 unspecified atom stereocenters. The van der Waals surface area contributed by atoms with E-state index in [4.69, 9.17) is 0 Å². The smallest absolute Gasteiger partial charge is 0.337 e. The Morgan fingerprint density at radius 2 is 1.81 bits per heavy atom. The van der Waals surface area contributed by atoms with E-state index in [1.165, 1.54) is 9.95 Å². The van der Waals surface area contributed by atoms with Crippen LogP contribution in [-0.4, -0.2) is 26.5 Å². The minimum atomic E-state index is -1.19. The lowest BCUT2D eigenvalue weighted by Gasteiger charge is -2.14. The molecule has 3 aromatic rings. The van der Waals surface area contributed by atoms with Gasteiger partial charge in [-0.05, 0) is 38.8 Å². The van der Waals surface area contributed by atoms with Gasteiger partial charge in [-0.15, -0.1) is 11.3 Å². The third kappa shape index (κ3) is 3.48. The molecule has 1 amide bonds. The third-order valence-electron chi connectivity index (χ3n) is 4.36. The van der Waals surface area contributed by atoms with E-state index in [9.17, 15) is 19.5 Å². The summed E-state index contributed by atoms with van der Waals surface area (Å²) >= 11 is 1.10. The van der Waals surface area contributed by atoms with Crippen molar-refractivity contribution in [3.8, 4) is 0 Å². The number of thiophene rings is 1. The van der Waals surface area contributed by atoms with Crippen molar-refractivity contribution in [2.75, 3.05) is 5.32 Å². The molecule has 2 aromatic heterocycles. The summed E-state index contributed by atoms with van der Waals surface area (Å²) in [5.41, 5.74) is 3.07. The van der Waals surface area contributed by atoms with Crippen molar-refractivity contribution in [3.05, 3.63) is 55.9 Å². The number of benzene rings is 1. The molecule has 0 atom stereocenters. The molecule has 0 spiro atoms. The molecule has 0 aliphatic carbocycles. The van der Waals surface area contributed by atoms with Gasteiger partial charge in [-0.2, -0.15) is 0 Å². The number of nitrogens with one attached hydrogen (secondary N) is 1. The van der Waals surface area contributed by atoms with E-state index in [0.29, 0.717) is 16.3 Å². The molecule has 8 heteroatoms. The highest BCUT2D eigenvalue weighted by Gasteiger charge is 2.19. The Morgan fingerprint density at radius 3 is 2.41 bits per heavy atom. The SMILES string of the molecule is Cc1cc(C)c(NC(=O)Cn2c(C)nc3scc(C(=O)O)c3c2=O)c(C)c1.